The van der Waals surface area contributed by atoms with E-state index in [1.807, 2.05) is 4.90 Å². The molecule has 2 rings (SSSR count). The minimum Gasteiger partial charge on any atom is -0.478 e. The lowest BCUT2D eigenvalue weighted by Crippen LogP contribution is -2.28. The molecule has 5 heteroatoms. The molecule has 0 aliphatic carbocycles. The van der Waals surface area contributed by atoms with Crippen LogP contribution in [0.2, 0.25) is 0 Å². The molecule has 0 radical (unpaired) electrons. The molecule has 1 saturated heterocycles. The third-order valence-corrected chi connectivity index (χ3v) is 3.55. The molecule has 1 aromatic carbocycles. The summed E-state index contributed by atoms with van der Waals surface area (Å²) in [5, 5.41) is 9.06. The SMILES string of the molecule is Nc1cc(F)c(N2CCCCCCC2)cc1C(=O)O. The van der Waals surface area contributed by atoms with Crippen LogP contribution in [0.15, 0.2) is 12.1 Å². The van der Waals surface area contributed by atoms with E-state index in [2.05, 4.69) is 0 Å². The van der Waals surface area contributed by atoms with Crippen LogP contribution in [0.5, 0.6) is 0 Å². The zero-order valence-corrected chi connectivity index (χ0v) is 10.9. The van der Waals surface area contributed by atoms with Crippen molar-refractivity contribution in [3.05, 3.63) is 23.5 Å². The van der Waals surface area contributed by atoms with E-state index >= 15 is 0 Å². The second-order valence-electron chi connectivity index (χ2n) is 4.95. The zero-order valence-electron chi connectivity index (χ0n) is 10.9. The van der Waals surface area contributed by atoms with Crippen LogP contribution in [0.25, 0.3) is 0 Å². The number of nitrogen functional groups attached to an aromatic ring is 1. The summed E-state index contributed by atoms with van der Waals surface area (Å²) in [6.07, 6.45) is 5.51. The lowest BCUT2D eigenvalue weighted by Gasteiger charge is -2.27. The fraction of sp³-hybridized carbons (Fsp3) is 0.500. The van der Waals surface area contributed by atoms with Gasteiger partial charge in [-0.25, -0.2) is 9.18 Å². The monoisotopic (exact) mass is 266 g/mol. The maximum absolute atomic E-state index is 14.0. The second kappa shape index (κ2) is 5.91. The molecule has 0 atom stereocenters. The Hall–Kier alpha value is -1.78. The van der Waals surface area contributed by atoms with Crippen molar-refractivity contribution in [1.29, 1.82) is 0 Å². The van der Waals surface area contributed by atoms with E-state index in [0.717, 1.165) is 44.8 Å². The second-order valence-corrected chi connectivity index (χ2v) is 4.95. The van der Waals surface area contributed by atoms with E-state index in [9.17, 15) is 9.18 Å². The highest BCUT2D eigenvalue weighted by molar-refractivity contribution is 5.95. The highest BCUT2D eigenvalue weighted by atomic mass is 19.1. The summed E-state index contributed by atoms with van der Waals surface area (Å²) in [5.74, 6) is -1.56. The molecule has 1 aliphatic rings. The average molecular weight is 266 g/mol. The molecule has 4 nitrogen and oxygen atoms in total. The number of carboxylic acids is 1. The third-order valence-electron chi connectivity index (χ3n) is 3.55. The first kappa shape index (κ1) is 13.6. The molecule has 19 heavy (non-hydrogen) atoms. The van der Waals surface area contributed by atoms with Gasteiger partial charge in [-0.05, 0) is 25.0 Å². The number of nitrogens with two attached hydrogens (primary N) is 1. The first-order chi connectivity index (χ1) is 9.09. The van der Waals surface area contributed by atoms with Crippen molar-refractivity contribution in [3.8, 4) is 0 Å². The van der Waals surface area contributed by atoms with Crippen LogP contribution in [0.1, 0.15) is 42.5 Å². The standard InChI is InChI=1S/C14H19FN2O2/c15-11-9-12(16)10(14(18)19)8-13(11)17-6-4-2-1-3-5-7-17/h8-9H,1-7,16H2,(H,18,19). The number of rotatable bonds is 2. The number of nitrogens with zero attached hydrogens (tertiary/aromatic N) is 1. The smallest absolute Gasteiger partial charge is 0.337 e. The van der Waals surface area contributed by atoms with Crippen LogP contribution < -0.4 is 10.6 Å². The van der Waals surface area contributed by atoms with Gasteiger partial charge in [-0.15, -0.1) is 0 Å². The molecule has 0 aromatic heterocycles. The van der Waals surface area contributed by atoms with Crippen LogP contribution in [0, 0.1) is 5.82 Å². The summed E-state index contributed by atoms with van der Waals surface area (Å²) < 4.78 is 14.0. The van der Waals surface area contributed by atoms with Crippen molar-refractivity contribution >= 4 is 17.3 Å². The molecule has 0 bridgehead atoms. The summed E-state index contributed by atoms with van der Waals surface area (Å²) in [4.78, 5) is 13.0. The average Bonchev–Trinajstić information content (AvgIpc) is 2.29. The van der Waals surface area contributed by atoms with Gasteiger partial charge >= 0.3 is 5.97 Å². The maximum atomic E-state index is 14.0. The lowest BCUT2D eigenvalue weighted by atomic mass is 10.1. The Bertz CT molecular complexity index is 469. The van der Waals surface area contributed by atoms with Gasteiger partial charge in [-0.2, -0.15) is 0 Å². The molecule has 3 N–H and O–H groups in total. The predicted molar refractivity (Wildman–Crippen MR) is 73.1 cm³/mol. The Labute approximate surface area is 112 Å². The van der Waals surface area contributed by atoms with Gasteiger partial charge in [-0.3, -0.25) is 0 Å². The highest BCUT2D eigenvalue weighted by Crippen LogP contribution is 2.27. The van der Waals surface area contributed by atoms with Crippen LogP contribution in [0.4, 0.5) is 15.8 Å². The fourth-order valence-electron chi connectivity index (χ4n) is 2.49. The molecule has 0 spiro atoms. The molecule has 104 valence electrons. The van der Waals surface area contributed by atoms with E-state index in [4.69, 9.17) is 10.8 Å². The highest BCUT2D eigenvalue weighted by Gasteiger charge is 2.18. The van der Waals surface area contributed by atoms with Crippen LogP contribution >= 0.6 is 0 Å². The zero-order chi connectivity index (χ0) is 13.8. The molecular weight excluding hydrogens is 247 g/mol. The van der Waals surface area contributed by atoms with Gasteiger partial charge in [-0.1, -0.05) is 19.3 Å². The number of carboxylic acid groups (broad SMARTS) is 1. The molecule has 0 unspecified atom stereocenters. The van der Waals surface area contributed by atoms with Crippen molar-refractivity contribution in [2.24, 2.45) is 0 Å². The van der Waals surface area contributed by atoms with Crippen molar-refractivity contribution in [1.82, 2.24) is 0 Å². The Morgan fingerprint density at radius 3 is 2.32 bits per heavy atom. The largest absolute Gasteiger partial charge is 0.478 e. The fourth-order valence-corrected chi connectivity index (χ4v) is 2.49. The molecule has 1 aliphatic heterocycles. The minimum atomic E-state index is -1.12. The van der Waals surface area contributed by atoms with E-state index in [-0.39, 0.29) is 11.3 Å². The number of hydrogen-bond donors (Lipinski definition) is 2. The molecular formula is C14H19FN2O2. The van der Waals surface area contributed by atoms with Gasteiger partial charge < -0.3 is 15.7 Å². The molecule has 0 saturated carbocycles. The van der Waals surface area contributed by atoms with Crippen LogP contribution in [0.3, 0.4) is 0 Å². The maximum Gasteiger partial charge on any atom is 0.337 e. The summed E-state index contributed by atoms with van der Waals surface area (Å²) in [5.41, 5.74) is 5.84. The number of halogens is 1. The summed E-state index contributed by atoms with van der Waals surface area (Å²) in [7, 11) is 0. The quantitative estimate of drug-likeness (QED) is 0.808. The van der Waals surface area contributed by atoms with E-state index < -0.39 is 11.8 Å². The Morgan fingerprint density at radius 1 is 1.16 bits per heavy atom. The van der Waals surface area contributed by atoms with Gasteiger partial charge in [0.2, 0.25) is 0 Å². The van der Waals surface area contributed by atoms with Gasteiger partial charge in [0.05, 0.1) is 11.3 Å². The van der Waals surface area contributed by atoms with Gasteiger partial charge in [0, 0.05) is 18.8 Å². The number of carbonyl (C=O) groups is 1. The Kier molecular flexibility index (Phi) is 4.24. The van der Waals surface area contributed by atoms with E-state index in [0.29, 0.717) is 5.69 Å². The van der Waals surface area contributed by atoms with Gasteiger partial charge in [0.1, 0.15) is 5.82 Å². The van der Waals surface area contributed by atoms with E-state index in [1.54, 1.807) is 0 Å². The molecule has 0 amide bonds. The number of aromatic carboxylic acids is 1. The van der Waals surface area contributed by atoms with E-state index in [1.165, 1.54) is 12.5 Å². The Morgan fingerprint density at radius 2 is 1.74 bits per heavy atom. The molecule has 1 fully saturated rings. The summed E-state index contributed by atoms with van der Waals surface area (Å²) >= 11 is 0. The topological polar surface area (TPSA) is 66.6 Å². The minimum absolute atomic E-state index is 0.0270. The third kappa shape index (κ3) is 3.16. The van der Waals surface area contributed by atoms with Crippen molar-refractivity contribution < 1.29 is 14.3 Å². The van der Waals surface area contributed by atoms with Crippen molar-refractivity contribution in [2.75, 3.05) is 23.7 Å². The molecule has 1 aromatic rings. The van der Waals surface area contributed by atoms with Gasteiger partial charge in [0.15, 0.2) is 0 Å². The molecule has 1 heterocycles. The Balaban J connectivity index is 2.31. The normalized spacial score (nSPS) is 16.8. The number of anilines is 2. The van der Waals surface area contributed by atoms with Crippen LogP contribution in [-0.2, 0) is 0 Å². The first-order valence-electron chi connectivity index (χ1n) is 6.67. The van der Waals surface area contributed by atoms with Crippen molar-refractivity contribution in [3.63, 3.8) is 0 Å². The van der Waals surface area contributed by atoms with Crippen molar-refractivity contribution in [2.45, 2.75) is 32.1 Å². The number of benzene rings is 1. The lowest BCUT2D eigenvalue weighted by molar-refractivity contribution is 0.0698. The predicted octanol–water partition coefficient (Wildman–Crippen LogP) is 2.88. The number of hydrogen-bond acceptors (Lipinski definition) is 3. The summed E-state index contributed by atoms with van der Waals surface area (Å²) in [6.45, 7) is 1.53. The summed E-state index contributed by atoms with van der Waals surface area (Å²) in [6, 6.07) is 2.46. The van der Waals surface area contributed by atoms with Gasteiger partial charge in [0.25, 0.3) is 0 Å². The first-order valence-corrected chi connectivity index (χ1v) is 6.67. The van der Waals surface area contributed by atoms with Crippen LogP contribution in [-0.4, -0.2) is 24.2 Å².